The highest BCUT2D eigenvalue weighted by molar-refractivity contribution is 5.76. The van der Waals surface area contributed by atoms with Crippen LogP contribution in [0.3, 0.4) is 0 Å². The van der Waals surface area contributed by atoms with Crippen molar-refractivity contribution in [3.8, 4) is 0 Å². The van der Waals surface area contributed by atoms with Gasteiger partial charge in [-0.15, -0.1) is 0 Å². The van der Waals surface area contributed by atoms with Gasteiger partial charge >= 0.3 is 0 Å². The maximum Gasteiger partial charge on any atom is 0.220 e. The molecule has 19 heteroatoms. The van der Waals surface area contributed by atoms with Crippen molar-refractivity contribution in [1.29, 1.82) is 0 Å². The van der Waals surface area contributed by atoms with Crippen molar-refractivity contribution in [3.63, 3.8) is 0 Å². The first-order chi connectivity index (χ1) is 33.3. The smallest absolute Gasteiger partial charge is 0.220 e. The van der Waals surface area contributed by atoms with Crippen LogP contribution in [0.4, 0.5) is 0 Å². The monoisotopic (exact) mass is 998 g/mol. The molecule has 19 nitrogen and oxygen atoms in total. The van der Waals surface area contributed by atoms with Gasteiger partial charge in [-0.2, -0.15) is 0 Å². The number of hydrogen-bond acceptors (Lipinski definition) is 18. The Balaban J connectivity index is 1.45. The quantitative estimate of drug-likeness (QED) is 0.0396. The van der Waals surface area contributed by atoms with E-state index in [0.29, 0.717) is 12.8 Å². The van der Waals surface area contributed by atoms with Gasteiger partial charge in [-0.1, -0.05) is 162 Å². The van der Waals surface area contributed by atoms with Gasteiger partial charge in [0, 0.05) is 6.42 Å². The van der Waals surface area contributed by atoms with Gasteiger partial charge in [-0.3, -0.25) is 4.79 Å². The van der Waals surface area contributed by atoms with Crippen molar-refractivity contribution < 1.29 is 89.4 Å². The fraction of sp³-hybridized carbons (Fsp3) is 0.980. The first-order valence-electron chi connectivity index (χ1n) is 26.8. The van der Waals surface area contributed by atoms with E-state index in [4.69, 9.17) is 28.4 Å². The molecular formula is C50H95NO18. The third-order valence-electron chi connectivity index (χ3n) is 13.9. The van der Waals surface area contributed by atoms with Crippen LogP contribution >= 0.6 is 0 Å². The van der Waals surface area contributed by atoms with Crippen molar-refractivity contribution >= 4 is 5.91 Å². The lowest BCUT2D eigenvalue weighted by Gasteiger charge is -2.48. The third-order valence-corrected chi connectivity index (χ3v) is 13.9. The fourth-order valence-corrected chi connectivity index (χ4v) is 9.43. The highest BCUT2D eigenvalue weighted by Gasteiger charge is 2.53. The number of carbonyl (C=O) groups is 1. The first-order valence-corrected chi connectivity index (χ1v) is 26.8. The average molecular weight is 998 g/mol. The molecule has 1 amide bonds. The molecule has 3 rings (SSSR count). The van der Waals surface area contributed by atoms with Gasteiger partial charge in [-0.25, -0.2) is 0 Å². The lowest BCUT2D eigenvalue weighted by atomic mass is 9.96. The Hall–Kier alpha value is -1.21. The van der Waals surface area contributed by atoms with E-state index >= 15 is 0 Å². The molecule has 0 aromatic rings. The summed E-state index contributed by atoms with van der Waals surface area (Å²) in [6.07, 6.45) is 2.77. The van der Waals surface area contributed by atoms with Crippen molar-refractivity contribution in [3.05, 3.63) is 0 Å². The van der Waals surface area contributed by atoms with Gasteiger partial charge in [0.2, 0.25) is 5.91 Å². The Morgan fingerprint density at radius 3 is 1.26 bits per heavy atom. The standard InChI is InChI=1S/C50H95NO18/c1-3-5-7-9-10-11-12-13-14-15-16-17-18-19-20-21-22-24-26-28-38(56)51-33(34(55)27-25-23-8-6-4-2)32-64-48-44(62)41(59)46(36(30-53)66-48)69-50-45(63)42(60)47(37(31-54)67-50)68-49-43(61)40(58)39(57)35(29-52)65-49/h33-37,39-50,52-55,57-63H,3-32H2,1-2H3,(H,51,56). The molecule has 17 atom stereocenters. The van der Waals surface area contributed by atoms with E-state index in [1.807, 2.05) is 0 Å². The molecular weight excluding hydrogens is 903 g/mol. The Morgan fingerprint density at radius 1 is 0.464 bits per heavy atom. The minimum absolute atomic E-state index is 0.248. The van der Waals surface area contributed by atoms with Crippen LogP contribution in [0, 0.1) is 0 Å². The van der Waals surface area contributed by atoms with Crippen molar-refractivity contribution in [1.82, 2.24) is 5.32 Å². The van der Waals surface area contributed by atoms with Crippen LogP contribution in [-0.2, 0) is 33.2 Å². The molecule has 3 saturated heterocycles. The van der Waals surface area contributed by atoms with Crippen molar-refractivity contribution in [2.75, 3.05) is 26.4 Å². The van der Waals surface area contributed by atoms with Crippen LogP contribution in [0.5, 0.6) is 0 Å². The zero-order valence-corrected chi connectivity index (χ0v) is 41.8. The predicted octanol–water partition coefficient (Wildman–Crippen LogP) is 2.48. The number of ether oxygens (including phenoxy) is 6. The minimum Gasteiger partial charge on any atom is -0.394 e. The largest absolute Gasteiger partial charge is 0.394 e. The van der Waals surface area contributed by atoms with E-state index in [-0.39, 0.29) is 18.9 Å². The summed E-state index contributed by atoms with van der Waals surface area (Å²) in [6, 6.07) is -0.876. The number of carbonyl (C=O) groups excluding carboxylic acids is 1. The van der Waals surface area contributed by atoms with Gasteiger partial charge in [0.05, 0.1) is 38.6 Å². The number of unbranched alkanes of at least 4 members (excludes halogenated alkanes) is 22. The zero-order valence-electron chi connectivity index (χ0n) is 41.8. The Morgan fingerprint density at radius 2 is 0.826 bits per heavy atom. The summed E-state index contributed by atoms with van der Waals surface area (Å²) < 4.78 is 34.1. The van der Waals surface area contributed by atoms with E-state index in [0.717, 1.165) is 51.4 Å². The molecule has 17 unspecified atom stereocenters. The summed E-state index contributed by atoms with van der Waals surface area (Å²) in [6.45, 7) is 1.68. The SMILES string of the molecule is CCCCCCCCCCCCCCCCCCCCCC(=O)NC(COC1OC(CO)C(OC2OC(CO)C(OC3OC(CO)C(O)C(O)C3O)C(O)C2O)C(O)C1O)C(O)CCCCCCC. The molecule has 0 bridgehead atoms. The normalized spacial score (nSPS) is 32.8. The van der Waals surface area contributed by atoms with Gasteiger partial charge in [0.15, 0.2) is 18.9 Å². The number of amides is 1. The molecule has 69 heavy (non-hydrogen) atoms. The Bertz CT molecular complexity index is 1290. The molecule has 0 radical (unpaired) electrons. The van der Waals surface area contributed by atoms with Crippen LogP contribution in [0.2, 0.25) is 0 Å². The zero-order chi connectivity index (χ0) is 50.6. The number of aliphatic hydroxyl groups is 11. The van der Waals surface area contributed by atoms with E-state index in [9.17, 15) is 61.0 Å². The lowest BCUT2D eigenvalue weighted by molar-refractivity contribution is -0.379. The highest BCUT2D eigenvalue weighted by Crippen LogP contribution is 2.33. The summed E-state index contributed by atoms with van der Waals surface area (Å²) >= 11 is 0. The van der Waals surface area contributed by atoms with Crippen LogP contribution in [0.15, 0.2) is 0 Å². The number of nitrogens with one attached hydrogen (secondary N) is 1. The fourth-order valence-electron chi connectivity index (χ4n) is 9.43. The lowest BCUT2D eigenvalue weighted by Crippen LogP contribution is -2.66. The van der Waals surface area contributed by atoms with Crippen molar-refractivity contribution in [2.24, 2.45) is 0 Å². The molecule has 0 aliphatic carbocycles. The molecule has 0 saturated carbocycles. The highest BCUT2D eigenvalue weighted by atomic mass is 16.8. The molecule has 0 spiro atoms. The molecule has 3 heterocycles. The maximum absolute atomic E-state index is 13.2. The molecule has 0 aromatic carbocycles. The second-order valence-corrected chi connectivity index (χ2v) is 19.7. The maximum atomic E-state index is 13.2. The molecule has 3 aliphatic rings. The molecule has 12 N–H and O–H groups in total. The van der Waals surface area contributed by atoms with Crippen LogP contribution in [0.1, 0.15) is 181 Å². The number of aliphatic hydroxyl groups excluding tert-OH is 11. The van der Waals surface area contributed by atoms with E-state index < -0.39 is 124 Å². The summed E-state index contributed by atoms with van der Waals surface area (Å²) in [5, 5.41) is 119. The topological polar surface area (TPSA) is 307 Å². The van der Waals surface area contributed by atoms with E-state index in [1.54, 1.807) is 0 Å². The Labute approximate surface area is 411 Å². The average Bonchev–Trinajstić information content (AvgIpc) is 3.34. The summed E-state index contributed by atoms with van der Waals surface area (Å²) in [5.41, 5.74) is 0. The molecule has 408 valence electrons. The predicted molar refractivity (Wildman–Crippen MR) is 254 cm³/mol. The first kappa shape index (κ1) is 62.1. The summed E-state index contributed by atoms with van der Waals surface area (Å²) in [5.74, 6) is -0.248. The summed E-state index contributed by atoms with van der Waals surface area (Å²) in [7, 11) is 0. The van der Waals surface area contributed by atoms with Gasteiger partial charge in [0.1, 0.15) is 73.2 Å². The molecule has 0 aromatic heterocycles. The second kappa shape index (κ2) is 35.9. The number of rotatable bonds is 38. The van der Waals surface area contributed by atoms with Crippen LogP contribution in [0.25, 0.3) is 0 Å². The Kier molecular flexibility index (Phi) is 32.3. The minimum atomic E-state index is -1.97. The van der Waals surface area contributed by atoms with Crippen LogP contribution in [-0.4, -0.2) is 193 Å². The second-order valence-electron chi connectivity index (χ2n) is 19.7. The summed E-state index contributed by atoms with van der Waals surface area (Å²) in [4.78, 5) is 13.2. The van der Waals surface area contributed by atoms with E-state index in [2.05, 4.69) is 19.2 Å². The molecule has 3 fully saturated rings. The third kappa shape index (κ3) is 21.7. The van der Waals surface area contributed by atoms with Crippen molar-refractivity contribution in [2.45, 2.75) is 285 Å². The number of hydrogen-bond donors (Lipinski definition) is 12. The van der Waals surface area contributed by atoms with Gasteiger partial charge < -0.3 is 89.9 Å². The molecule has 3 aliphatic heterocycles. The van der Waals surface area contributed by atoms with E-state index in [1.165, 1.54) is 96.3 Å². The van der Waals surface area contributed by atoms with Gasteiger partial charge in [-0.05, 0) is 12.8 Å². The van der Waals surface area contributed by atoms with Crippen LogP contribution < -0.4 is 5.32 Å². The van der Waals surface area contributed by atoms with Gasteiger partial charge in [0.25, 0.3) is 0 Å².